The number of furan rings is 1. The van der Waals surface area contributed by atoms with Crippen molar-refractivity contribution in [3.63, 3.8) is 0 Å². The van der Waals surface area contributed by atoms with Crippen LogP contribution < -0.4 is 9.80 Å². The Hall–Kier alpha value is -3.15. The first kappa shape index (κ1) is 15.4. The Bertz CT molecular complexity index is 946. The molecule has 25 heavy (non-hydrogen) atoms. The fourth-order valence-corrected chi connectivity index (χ4v) is 3.37. The largest absolute Gasteiger partial charge is 0.449 e. The highest BCUT2D eigenvalue weighted by Crippen LogP contribution is 2.36. The highest BCUT2D eigenvalue weighted by molar-refractivity contribution is 6.10. The second-order valence-electron chi connectivity index (χ2n) is 6.17. The summed E-state index contributed by atoms with van der Waals surface area (Å²) in [5, 5.41) is 0.835. The number of pyridine rings is 1. The molecule has 4 rings (SSSR count). The van der Waals surface area contributed by atoms with Gasteiger partial charge in [-0.05, 0) is 31.2 Å². The Kier molecular flexibility index (Phi) is 3.53. The van der Waals surface area contributed by atoms with Gasteiger partial charge in [0.15, 0.2) is 11.3 Å². The molecule has 2 aromatic heterocycles. The Balaban J connectivity index is 1.78. The van der Waals surface area contributed by atoms with Gasteiger partial charge in [0, 0.05) is 25.1 Å². The van der Waals surface area contributed by atoms with E-state index in [-0.39, 0.29) is 23.6 Å². The fraction of sp³-hybridized carbons (Fsp3) is 0.211. The SMILES string of the molecule is CC(=O)N1c2ccccc2N(C(=O)c2cc3ccncc3o2)C[C@@H]1C. The molecule has 0 radical (unpaired) electrons. The summed E-state index contributed by atoms with van der Waals surface area (Å²) in [6.07, 6.45) is 3.26. The summed E-state index contributed by atoms with van der Waals surface area (Å²) in [4.78, 5) is 32.5. The lowest BCUT2D eigenvalue weighted by Crippen LogP contribution is -2.51. The number of para-hydroxylation sites is 2. The number of fused-ring (bicyclic) bond motifs is 2. The molecule has 3 heterocycles. The van der Waals surface area contributed by atoms with Crippen molar-refractivity contribution in [2.24, 2.45) is 0 Å². The predicted octanol–water partition coefficient (Wildman–Crippen LogP) is 3.23. The number of benzene rings is 1. The number of amides is 2. The van der Waals surface area contributed by atoms with Crippen LogP contribution in [0.1, 0.15) is 24.4 Å². The van der Waals surface area contributed by atoms with Gasteiger partial charge in [0.05, 0.1) is 23.6 Å². The zero-order chi connectivity index (χ0) is 17.6. The van der Waals surface area contributed by atoms with E-state index in [1.54, 1.807) is 34.3 Å². The van der Waals surface area contributed by atoms with Crippen LogP contribution in [0.2, 0.25) is 0 Å². The van der Waals surface area contributed by atoms with Crippen molar-refractivity contribution in [3.05, 3.63) is 54.6 Å². The first-order valence-corrected chi connectivity index (χ1v) is 8.10. The number of hydrogen-bond donors (Lipinski definition) is 0. The second kappa shape index (κ2) is 5.73. The van der Waals surface area contributed by atoms with E-state index in [0.717, 1.165) is 11.1 Å². The molecule has 1 aliphatic rings. The van der Waals surface area contributed by atoms with E-state index in [4.69, 9.17) is 4.42 Å². The molecule has 1 aromatic carbocycles. The minimum absolute atomic E-state index is 0.0399. The van der Waals surface area contributed by atoms with E-state index in [0.29, 0.717) is 17.8 Å². The normalized spacial score (nSPS) is 16.8. The predicted molar refractivity (Wildman–Crippen MR) is 94.7 cm³/mol. The fourth-order valence-electron chi connectivity index (χ4n) is 3.37. The summed E-state index contributed by atoms with van der Waals surface area (Å²) in [5.74, 6) is 0.00170. The van der Waals surface area contributed by atoms with E-state index in [1.165, 1.54) is 6.92 Å². The van der Waals surface area contributed by atoms with Gasteiger partial charge >= 0.3 is 0 Å². The maximum absolute atomic E-state index is 13.1. The van der Waals surface area contributed by atoms with Crippen LogP contribution in [0.5, 0.6) is 0 Å². The molecular weight excluding hydrogens is 318 g/mol. The van der Waals surface area contributed by atoms with Gasteiger partial charge in [-0.15, -0.1) is 0 Å². The van der Waals surface area contributed by atoms with Crippen LogP contribution in [-0.2, 0) is 4.79 Å². The molecule has 0 saturated heterocycles. The van der Waals surface area contributed by atoms with E-state index in [1.807, 2.05) is 31.2 Å². The van der Waals surface area contributed by atoms with Crippen molar-refractivity contribution in [1.82, 2.24) is 4.98 Å². The molecule has 3 aromatic rings. The molecule has 0 saturated carbocycles. The molecule has 0 aliphatic carbocycles. The van der Waals surface area contributed by atoms with Crippen LogP contribution >= 0.6 is 0 Å². The maximum Gasteiger partial charge on any atom is 0.294 e. The molecular formula is C19H17N3O3. The topological polar surface area (TPSA) is 66.7 Å². The number of carbonyl (C=O) groups excluding carboxylic acids is 2. The number of anilines is 2. The molecule has 2 amide bonds. The number of hydrogen-bond acceptors (Lipinski definition) is 4. The smallest absolute Gasteiger partial charge is 0.294 e. The third kappa shape index (κ3) is 2.46. The van der Waals surface area contributed by atoms with Crippen molar-refractivity contribution >= 4 is 34.2 Å². The lowest BCUT2D eigenvalue weighted by atomic mass is 10.1. The van der Waals surface area contributed by atoms with Gasteiger partial charge in [0.2, 0.25) is 5.91 Å². The summed E-state index contributed by atoms with van der Waals surface area (Å²) in [6, 6.07) is 10.8. The van der Waals surface area contributed by atoms with Crippen LogP contribution in [0, 0.1) is 0 Å². The van der Waals surface area contributed by atoms with Crippen molar-refractivity contribution in [3.8, 4) is 0 Å². The van der Waals surface area contributed by atoms with Gasteiger partial charge in [0.1, 0.15) is 0 Å². The Labute approximate surface area is 144 Å². The van der Waals surface area contributed by atoms with Crippen molar-refractivity contribution in [2.75, 3.05) is 16.3 Å². The van der Waals surface area contributed by atoms with Gasteiger partial charge in [-0.2, -0.15) is 0 Å². The molecule has 0 spiro atoms. The highest BCUT2D eigenvalue weighted by atomic mass is 16.3. The molecule has 0 fully saturated rings. The molecule has 6 heteroatoms. The summed E-state index contributed by atoms with van der Waals surface area (Å²) in [6.45, 7) is 3.88. The van der Waals surface area contributed by atoms with E-state index < -0.39 is 0 Å². The first-order chi connectivity index (χ1) is 12.1. The van der Waals surface area contributed by atoms with E-state index in [2.05, 4.69) is 4.98 Å². The summed E-state index contributed by atoms with van der Waals surface area (Å²) < 4.78 is 5.67. The summed E-state index contributed by atoms with van der Waals surface area (Å²) in [7, 11) is 0. The quantitative estimate of drug-likeness (QED) is 0.685. The average Bonchev–Trinajstić information content (AvgIpc) is 3.04. The van der Waals surface area contributed by atoms with Crippen LogP contribution in [0.15, 0.2) is 53.2 Å². The maximum atomic E-state index is 13.1. The second-order valence-corrected chi connectivity index (χ2v) is 6.17. The number of rotatable bonds is 1. The van der Waals surface area contributed by atoms with Crippen LogP contribution in [-0.4, -0.2) is 29.4 Å². The summed E-state index contributed by atoms with van der Waals surface area (Å²) >= 11 is 0. The van der Waals surface area contributed by atoms with Gasteiger partial charge in [-0.1, -0.05) is 12.1 Å². The Morgan fingerprint density at radius 1 is 1.20 bits per heavy atom. The molecule has 6 nitrogen and oxygen atoms in total. The number of aromatic nitrogens is 1. The minimum Gasteiger partial charge on any atom is -0.449 e. The molecule has 1 aliphatic heterocycles. The number of carbonyl (C=O) groups is 2. The molecule has 1 atom stereocenters. The van der Waals surface area contributed by atoms with Gasteiger partial charge < -0.3 is 14.2 Å². The third-order valence-electron chi connectivity index (χ3n) is 4.44. The molecule has 126 valence electrons. The highest BCUT2D eigenvalue weighted by Gasteiger charge is 2.34. The van der Waals surface area contributed by atoms with Crippen LogP contribution in [0.4, 0.5) is 11.4 Å². The lowest BCUT2D eigenvalue weighted by Gasteiger charge is -2.40. The van der Waals surface area contributed by atoms with Gasteiger partial charge in [-0.25, -0.2) is 0 Å². The Morgan fingerprint density at radius 3 is 2.68 bits per heavy atom. The molecule has 0 bridgehead atoms. The molecule has 0 N–H and O–H groups in total. The van der Waals surface area contributed by atoms with E-state index in [9.17, 15) is 9.59 Å². The van der Waals surface area contributed by atoms with Gasteiger partial charge in [-0.3, -0.25) is 14.6 Å². The van der Waals surface area contributed by atoms with Crippen molar-refractivity contribution < 1.29 is 14.0 Å². The molecule has 0 unspecified atom stereocenters. The number of nitrogens with zero attached hydrogens (tertiary/aromatic N) is 3. The minimum atomic E-state index is -0.223. The average molecular weight is 335 g/mol. The van der Waals surface area contributed by atoms with Crippen LogP contribution in [0.25, 0.3) is 11.0 Å². The third-order valence-corrected chi connectivity index (χ3v) is 4.44. The van der Waals surface area contributed by atoms with Crippen molar-refractivity contribution in [1.29, 1.82) is 0 Å². The van der Waals surface area contributed by atoms with E-state index >= 15 is 0 Å². The summed E-state index contributed by atoms with van der Waals surface area (Å²) in [5.41, 5.74) is 2.02. The monoisotopic (exact) mass is 335 g/mol. The Morgan fingerprint density at radius 2 is 1.96 bits per heavy atom. The zero-order valence-corrected chi connectivity index (χ0v) is 14.0. The van der Waals surface area contributed by atoms with Crippen LogP contribution in [0.3, 0.4) is 0 Å². The standard InChI is InChI=1S/C19H17N3O3/c1-12-11-21(15-5-3-4-6-16(15)22(12)13(2)23)19(24)17-9-14-7-8-20-10-18(14)25-17/h3-10,12H,11H2,1-2H3/t12-/m0/s1. The lowest BCUT2D eigenvalue weighted by molar-refractivity contribution is -0.117. The first-order valence-electron chi connectivity index (χ1n) is 8.10. The van der Waals surface area contributed by atoms with Gasteiger partial charge in [0.25, 0.3) is 5.91 Å². The zero-order valence-electron chi connectivity index (χ0n) is 14.0. The van der Waals surface area contributed by atoms with Crippen molar-refractivity contribution in [2.45, 2.75) is 19.9 Å².